The number of hydrogen-bond acceptors (Lipinski definition) is 4. The van der Waals surface area contributed by atoms with E-state index in [1.807, 2.05) is 0 Å². The zero-order valence-corrected chi connectivity index (χ0v) is 12.5. The van der Waals surface area contributed by atoms with Crippen molar-refractivity contribution >= 4 is 11.9 Å². The molecule has 0 aromatic rings. The summed E-state index contributed by atoms with van der Waals surface area (Å²) in [6, 6.07) is 0. The van der Waals surface area contributed by atoms with Crippen molar-refractivity contribution in [3.8, 4) is 0 Å². The third kappa shape index (κ3) is 4.47. The van der Waals surface area contributed by atoms with Gasteiger partial charge in [-0.05, 0) is 36.8 Å². The third-order valence-electron chi connectivity index (χ3n) is 1.96. The third-order valence-corrected chi connectivity index (χ3v) is 1.96. The van der Waals surface area contributed by atoms with Crippen molar-refractivity contribution in [1.82, 2.24) is 0 Å². The molecule has 0 N–H and O–H groups in total. The standard InChI is InChI=1S/C8H10O4.2Na/c9-7(10)5-3-1-2-4-6(5)8(11)12;;/h1-4H2,(H,9,10)(H,11,12);;/q;2*+1/p-2. The molecule has 0 atom stereocenters. The van der Waals surface area contributed by atoms with Crippen LogP contribution >= 0.6 is 0 Å². The summed E-state index contributed by atoms with van der Waals surface area (Å²) in [4.78, 5) is 20.8. The Morgan fingerprint density at radius 1 is 0.857 bits per heavy atom. The van der Waals surface area contributed by atoms with E-state index in [1.54, 1.807) is 0 Å². The Morgan fingerprint density at radius 3 is 1.36 bits per heavy atom. The molecule has 66 valence electrons. The van der Waals surface area contributed by atoms with Gasteiger partial charge in [0.05, 0.1) is 11.9 Å². The summed E-state index contributed by atoms with van der Waals surface area (Å²) >= 11 is 0. The number of hydrogen-bond donors (Lipinski definition) is 0. The van der Waals surface area contributed by atoms with Gasteiger partial charge in [0.25, 0.3) is 0 Å². The van der Waals surface area contributed by atoms with E-state index in [0.29, 0.717) is 12.8 Å². The van der Waals surface area contributed by atoms with Crippen LogP contribution in [0.5, 0.6) is 0 Å². The largest absolute Gasteiger partial charge is 1.00 e. The molecule has 4 nitrogen and oxygen atoms in total. The molecule has 0 saturated heterocycles. The molecule has 0 amide bonds. The van der Waals surface area contributed by atoms with Crippen LogP contribution in [0.1, 0.15) is 25.7 Å². The van der Waals surface area contributed by atoms with Crippen molar-refractivity contribution in [3.05, 3.63) is 11.1 Å². The van der Waals surface area contributed by atoms with Crippen LogP contribution in [0.25, 0.3) is 0 Å². The molecule has 0 saturated carbocycles. The quantitative estimate of drug-likeness (QED) is 0.428. The Bertz CT molecular complexity index is 234. The summed E-state index contributed by atoms with van der Waals surface area (Å²) in [7, 11) is 0. The van der Waals surface area contributed by atoms with Gasteiger partial charge in [-0.15, -0.1) is 0 Å². The number of carboxylic acids is 2. The summed E-state index contributed by atoms with van der Waals surface area (Å²) in [6.45, 7) is 0. The van der Waals surface area contributed by atoms with Gasteiger partial charge >= 0.3 is 59.1 Å². The van der Waals surface area contributed by atoms with E-state index < -0.39 is 11.9 Å². The molecule has 0 aromatic carbocycles. The molecule has 0 spiro atoms. The SMILES string of the molecule is O=C([O-])C1=C(C(=O)[O-])CCCC1.[Na+].[Na+]. The van der Waals surface area contributed by atoms with Gasteiger partial charge in [0.2, 0.25) is 0 Å². The maximum atomic E-state index is 10.4. The van der Waals surface area contributed by atoms with Crippen LogP contribution in [-0.2, 0) is 9.59 Å². The van der Waals surface area contributed by atoms with Crippen molar-refractivity contribution in [2.75, 3.05) is 0 Å². The van der Waals surface area contributed by atoms with E-state index in [2.05, 4.69) is 0 Å². The number of carboxylic acid groups (broad SMARTS) is 2. The first kappa shape index (κ1) is 17.1. The van der Waals surface area contributed by atoms with E-state index in [-0.39, 0.29) is 83.1 Å². The fourth-order valence-electron chi connectivity index (χ4n) is 1.36. The first-order valence-electron chi connectivity index (χ1n) is 3.77. The van der Waals surface area contributed by atoms with E-state index in [9.17, 15) is 19.8 Å². The second-order valence-electron chi connectivity index (χ2n) is 2.74. The van der Waals surface area contributed by atoms with Crippen LogP contribution in [-0.4, -0.2) is 11.9 Å². The van der Waals surface area contributed by atoms with Gasteiger partial charge in [0, 0.05) is 0 Å². The number of aliphatic carboxylic acids is 2. The van der Waals surface area contributed by atoms with Crippen molar-refractivity contribution in [2.24, 2.45) is 0 Å². The van der Waals surface area contributed by atoms with Gasteiger partial charge in [-0.25, -0.2) is 0 Å². The fourth-order valence-corrected chi connectivity index (χ4v) is 1.36. The van der Waals surface area contributed by atoms with Crippen LogP contribution in [0.2, 0.25) is 0 Å². The molecule has 1 rings (SSSR count). The topological polar surface area (TPSA) is 80.3 Å². The number of rotatable bonds is 2. The average Bonchev–Trinajstić information content (AvgIpc) is 2.04. The summed E-state index contributed by atoms with van der Waals surface area (Å²) in [5.41, 5.74) is -0.192. The van der Waals surface area contributed by atoms with Gasteiger partial charge in [0.1, 0.15) is 0 Å². The van der Waals surface area contributed by atoms with Crippen LogP contribution in [0, 0.1) is 0 Å². The molecule has 0 aromatic heterocycles. The molecule has 0 aliphatic heterocycles. The zero-order chi connectivity index (χ0) is 9.14. The Hall–Kier alpha value is 0.680. The van der Waals surface area contributed by atoms with E-state index in [4.69, 9.17) is 0 Å². The normalized spacial score (nSPS) is 15.1. The predicted octanol–water partition coefficient (Wildman–Crippen LogP) is -7.64. The minimum atomic E-state index is -1.38. The first-order chi connectivity index (χ1) is 5.63. The average molecular weight is 214 g/mol. The smallest absolute Gasteiger partial charge is 0.545 e. The molecule has 1 aliphatic carbocycles. The van der Waals surface area contributed by atoms with E-state index >= 15 is 0 Å². The van der Waals surface area contributed by atoms with Crippen molar-refractivity contribution in [2.45, 2.75) is 25.7 Å². The molecule has 6 heteroatoms. The maximum Gasteiger partial charge on any atom is 1.00 e. The van der Waals surface area contributed by atoms with Crippen molar-refractivity contribution in [3.63, 3.8) is 0 Å². The van der Waals surface area contributed by atoms with Gasteiger partial charge in [-0.3, -0.25) is 0 Å². The van der Waals surface area contributed by atoms with Gasteiger partial charge in [-0.1, -0.05) is 0 Å². The molecular formula is C8H8Na2O4. The van der Waals surface area contributed by atoms with Crippen molar-refractivity contribution in [1.29, 1.82) is 0 Å². The second kappa shape index (κ2) is 7.91. The Kier molecular flexibility index (Phi) is 9.65. The van der Waals surface area contributed by atoms with Crippen LogP contribution in [0.3, 0.4) is 0 Å². The Morgan fingerprint density at radius 2 is 1.14 bits per heavy atom. The summed E-state index contributed by atoms with van der Waals surface area (Å²) < 4.78 is 0. The molecule has 1 aliphatic rings. The monoisotopic (exact) mass is 214 g/mol. The molecular weight excluding hydrogens is 206 g/mol. The zero-order valence-electron chi connectivity index (χ0n) is 8.46. The van der Waals surface area contributed by atoms with Gasteiger partial charge < -0.3 is 19.8 Å². The molecule has 0 radical (unpaired) electrons. The first-order valence-corrected chi connectivity index (χ1v) is 3.77. The van der Waals surface area contributed by atoms with Crippen LogP contribution in [0.4, 0.5) is 0 Å². The van der Waals surface area contributed by atoms with E-state index in [0.717, 1.165) is 0 Å². The Balaban J connectivity index is 0. The predicted molar refractivity (Wildman–Crippen MR) is 35.5 cm³/mol. The number of carbonyl (C=O) groups is 2. The van der Waals surface area contributed by atoms with Crippen LogP contribution in [0.15, 0.2) is 11.1 Å². The molecule has 0 unspecified atom stereocenters. The van der Waals surface area contributed by atoms with Crippen molar-refractivity contribution < 1.29 is 78.9 Å². The minimum Gasteiger partial charge on any atom is -0.545 e. The second-order valence-corrected chi connectivity index (χ2v) is 2.74. The molecule has 0 bridgehead atoms. The summed E-state index contributed by atoms with van der Waals surface area (Å²) in [5, 5.41) is 20.8. The molecule has 14 heavy (non-hydrogen) atoms. The number of carbonyl (C=O) groups excluding carboxylic acids is 2. The van der Waals surface area contributed by atoms with Gasteiger partial charge in [0.15, 0.2) is 0 Å². The summed E-state index contributed by atoms with van der Waals surface area (Å²) in [6.07, 6.45) is 1.98. The molecule has 0 heterocycles. The molecule has 0 fully saturated rings. The van der Waals surface area contributed by atoms with E-state index in [1.165, 1.54) is 0 Å². The maximum absolute atomic E-state index is 10.4. The van der Waals surface area contributed by atoms with Crippen LogP contribution < -0.4 is 69.3 Å². The minimum absolute atomic E-state index is 0. The Labute approximate surface area is 126 Å². The fraction of sp³-hybridized carbons (Fsp3) is 0.500. The van der Waals surface area contributed by atoms with Gasteiger partial charge in [-0.2, -0.15) is 0 Å². The summed E-state index contributed by atoms with van der Waals surface area (Å²) in [5.74, 6) is -2.76.